The fraction of sp³-hybridized carbons (Fsp3) is 0.214. The molecule has 0 saturated heterocycles. The lowest BCUT2D eigenvalue weighted by molar-refractivity contribution is 0.0694. The second-order valence-corrected chi connectivity index (χ2v) is 4.29. The maximum absolute atomic E-state index is 11.4. The van der Waals surface area contributed by atoms with Crippen LogP contribution in [0.15, 0.2) is 35.3 Å². The zero-order valence-electron chi connectivity index (χ0n) is 10.9. The highest BCUT2D eigenvalue weighted by Gasteiger charge is 2.09. The lowest BCUT2D eigenvalue weighted by Crippen LogP contribution is -2.21. The van der Waals surface area contributed by atoms with E-state index in [1.807, 2.05) is 31.2 Å². The number of carboxylic acids is 1. The molecule has 0 atom stereocenters. The maximum Gasteiger partial charge on any atom is 0.342 e. The van der Waals surface area contributed by atoms with Gasteiger partial charge >= 0.3 is 5.97 Å². The molecule has 6 nitrogen and oxygen atoms in total. The Balaban J connectivity index is 1.96. The number of ether oxygens (including phenoxy) is 1. The number of aryl methyl sites for hydroxylation is 1. The first-order chi connectivity index (χ1) is 9.56. The van der Waals surface area contributed by atoms with Crippen molar-refractivity contribution >= 4 is 5.97 Å². The van der Waals surface area contributed by atoms with Gasteiger partial charge in [0.15, 0.2) is 0 Å². The summed E-state index contributed by atoms with van der Waals surface area (Å²) in [5.74, 6) is -0.150. The van der Waals surface area contributed by atoms with E-state index >= 15 is 0 Å². The number of rotatable bonds is 5. The molecule has 0 aliphatic rings. The largest absolute Gasteiger partial charge is 0.493 e. The standard InChI is InChI=1S/C14H14N2O4/c1-9-3-2-4-10(7-9)20-6-5-12-15-8-11(14(18)19)13(17)16-12/h2-4,7-8H,5-6H2,1H3,(H,18,19)(H,15,16,17). The minimum absolute atomic E-state index is 0.346. The summed E-state index contributed by atoms with van der Waals surface area (Å²) in [6, 6.07) is 7.61. The molecule has 0 saturated carbocycles. The van der Waals surface area contributed by atoms with Crippen molar-refractivity contribution < 1.29 is 14.6 Å². The van der Waals surface area contributed by atoms with Gasteiger partial charge in [-0.2, -0.15) is 0 Å². The molecule has 2 rings (SSSR count). The van der Waals surface area contributed by atoms with E-state index in [2.05, 4.69) is 9.97 Å². The van der Waals surface area contributed by atoms with E-state index in [9.17, 15) is 9.59 Å². The molecule has 2 N–H and O–H groups in total. The van der Waals surface area contributed by atoms with Gasteiger partial charge in [-0.05, 0) is 24.6 Å². The van der Waals surface area contributed by atoms with Gasteiger partial charge in [0.05, 0.1) is 6.61 Å². The van der Waals surface area contributed by atoms with Crippen LogP contribution < -0.4 is 10.3 Å². The van der Waals surface area contributed by atoms with Gasteiger partial charge in [0.25, 0.3) is 5.56 Å². The van der Waals surface area contributed by atoms with Crippen molar-refractivity contribution in [2.24, 2.45) is 0 Å². The third kappa shape index (κ3) is 3.44. The van der Waals surface area contributed by atoms with E-state index in [4.69, 9.17) is 9.84 Å². The Morgan fingerprint density at radius 1 is 1.45 bits per heavy atom. The van der Waals surface area contributed by atoms with Crippen molar-refractivity contribution in [3.8, 4) is 5.75 Å². The van der Waals surface area contributed by atoms with E-state index in [1.165, 1.54) is 0 Å². The van der Waals surface area contributed by atoms with E-state index in [-0.39, 0.29) is 5.56 Å². The first-order valence-electron chi connectivity index (χ1n) is 6.07. The Hall–Kier alpha value is -2.63. The number of hydrogen-bond acceptors (Lipinski definition) is 4. The van der Waals surface area contributed by atoms with Gasteiger partial charge in [0.1, 0.15) is 17.1 Å². The molecule has 0 aliphatic heterocycles. The molecule has 0 amide bonds. The van der Waals surface area contributed by atoms with Gasteiger partial charge in [-0.3, -0.25) is 4.79 Å². The number of aromatic nitrogens is 2. The van der Waals surface area contributed by atoms with Crippen LogP contribution in [0.4, 0.5) is 0 Å². The molecule has 1 aromatic heterocycles. The molecule has 6 heteroatoms. The predicted octanol–water partition coefficient (Wildman–Crippen LogP) is 1.40. The van der Waals surface area contributed by atoms with Crippen molar-refractivity contribution in [2.75, 3.05) is 6.61 Å². The summed E-state index contributed by atoms with van der Waals surface area (Å²) in [6.07, 6.45) is 1.45. The topological polar surface area (TPSA) is 92.3 Å². The average molecular weight is 274 g/mol. The summed E-state index contributed by atoms with van der Waals surface area (Å²) >= 11 is 0. The van der Waals surface area contributed by atoms with Crippen LogP contribution in [-0.2, 0) is 6.42 Å². The molecule has 2 aromatic rings. The first kappa shape index (κ1) is 13.8. The fourth-order valence-corrected chi connectivity index (χ4v) is 1.68. The van der Waals surface area contributed by atoms with Gasteiger partial charge in [0, 0.05) is 12.6 Å². The Morgan fingerprint density at radius 3 is 2.90 bits per heavy atom. The van der Waals surface area contributed by atoms with Crippen molar-refractivity contribution in [3.05, 3.63) is 57.8 Å². The van der Waals surface area contributed by atoms with E-state index < -0.39 is 11.5 Å². The highest BCUT2D eigenvalue weighted by atomic mass is 16.5. The number of hydrogen-bond donors (Lipinski definition) is 2. The molecule has 104 valence electrons. The molecule has 0 bridgehead atoms. The van der Waals surface area contributed by atoms with Crippen LogP contribution in [0.3, 0.4) is 0 Å². The molecule has 0 unspecified atom stereocenters. The van der Waals surface area contributed by atoms with Crippen molar-refractivity contribution in [2.45, 2.75) is 13.3 Å². The van der Waals surface area contributed by atoms with Gasteiger partial charge in [-0.1, -0.05) is 12.1 Å². The lowest BCUT2D eigenvalue weighted by atomic mass is 10.2. The minimum atomic E-state index is -1.29. The Morgan fingerprint density at radius 2 is 2.25 bits per heavy atom. The van der Waals surface area contributed by atoms with Crippen LogP contribution in [0.1, 0.15) is 21.7 Å². The number of carbonyl (C=O) groups is 1. The molecular weight excluding hydrogens is 260 g/mol. The number of H-pyrrole nitrogens is 1. The van der Waals surface area contributed by atoms with Gasteiger partial charge in [0.2, 0.25) is 0 Å². The summed E-state index contributed by atoms with van der Waals surface area (Å²) in [5, 5.41) is 8.72. The van der Waals surface area contributed by atoms with Crippen LogP contribution in [0.5, 0.6) is 5.75 Å². The summed E-state index contributed by atoms with van der Waals surface area (Å²) in [4.78, 5) is 28.4. The molecule has 0 radical (unpaired) electrons. The number of carboxylic acid groups (broad SMARTS) is 1. The van der Waals surface area contributed by atoms with Gasteiger partial charge in [-0.15, -0.1) is 0 Å². The molecule has 20 heavy (non-hydrogen) atoms. The summed E-state index contributed by atoms with van der Waals surface area (Å²) < 4.78 is 5.53. The Labute approximate surface area is 115 Å². The molecule has 0 aliphatic carbocycles. The minimum Gasteiger partial charge on any atom is -0.493 e. The van der Waals surface area contributed by atoms with Crippen molar-refractivity contribution in [3.63, 3.8) is 0 Å². The van der Waals surface area contributed by atoms with E-state index in [1.54, 1.807) is 0 Å². The Bertz CT molecular complexity index is 679. The van der Waals surface area contributed by atoms with Crippen LogP contribution in [0.25, 0.3) is 0 Å². The SMILES string of the molecule is Cc1cccc(OCCc2ncc(C(=O)O)c(=O)[nH]2)c1. The molecular formula is C14H14N2O4. The zero-order chi connectivity index (χ0) is 14.5. The van der Waals surface area contributed by atoms with Crippen LogP contribution in [0, 0.1) is 6.92 Å². The number of benzene rings is 1. The number of aromatic carboxylic acids is 1. The monoisotopic (exact) mass is 274 g/mol. The van der Waals surface area contributed by atoms with Crippen LogP contribution in [0.2, 0.25) is 0 Å². The van der Waals surface area contributed by atoms with Gasteiger partial charge in [-0.25, -0.2) is 9.78 Å². The summed E-state index contributed by atoms with van der Waals surface area (Å²) in [7, 11) is 0. The highest BCUT2D eigenvalue weighted by molar-refractivity contribution is 5.86. The van der Waals surface area contributed by atoms with Crippen molar-refractivity contribution in [1.82, 2.24) is 9.97 Å². The fourth-order valence-electron chi connectivity index (χ4n) is 1.68. The average Bonchev–Trinajstić information content (AvgIpc) is 2.38. The summed E-state index contributed by atoms with van der Waals surface area (Å²) in [5.41, 5.74) is 0.0752. The Kier molecular flexibility index (Phi) is 4.14. The quantitative estimate of drug-likeness (QED) is 0.859. The first-order valence-corrected chi connectivity index (χ1v) is 6.07. The lowest BCUT2D eigenvalue weighted by Gasteiger charge is -2.06. The molecule has 0 fully saturated rings. The zero-order valence-corrected chi connectivity index (χ0v) is 10.9. The molecule has 1 aromatic carbocycles. The second kappa shape index (κ2) is 6.01. The van der Waals surface area contributed by atoms with Crippen LogP contribution >= 0.6 is 0 Å². The van der Waals surface area contributed by atoms with Crippen LogP contribution in [-0.4, -0.2) is 27.7 Å². The smallest absolute Gasteiger partial charge is 0.342 e. The summed E-state index contributed by atoms with van der Waals surface area (Å²) in [6.45, 7) is 2.31. The number of nitrogens with one attached hydrogen (secondary N) is 1. The van der Waals surface area contributed by atoms with Crippen molar-refractivity contribution in [1.29, 1.82) is 0 Å². The third-order valence-electron chi connectivity index (χ3n) is 2.68. The highest BCUT2D eigenvalue weighted by Crippen LogP contribution is 2.12. The molecule has 0 spiro atoms. The van der Waals surface area contributed by atoms with E-state index in [0.717, 1.165) is 17.5 Å². The normalized spacial score (nSPS) is 10.2. The number of aromatic amines is 1. The number of nitrogens with zero attached hydrogens (tertiary/aromatic N) is 1. The predicted molar refractivity (Wildman–Crippen MR) is 72.2 cm³/mol. The molecule has 1 heterocycles. The van der Waals surface area contributed by atoms with Gasteiger partial charge < -0.3 is 14.8 Å². The van der Waals surface area contributed by atoms with E-state index in [0.29, 0.717) is 18.9 Å². The maximum atomic E-state index is 11.4. The second-order valence-electron chi connectivity index (χ2n) is 4.29. The third-order valence-corrected chi connectivity index (χ3v) is 2.68.